The molecule has 0 aliphatic carbocycles. The van der Waals surface area contributed by atoms with Crippen LogP contribution in [-0.4, -0.2) is 0 Å². The normalized spacial score (nSPS) is 11.6. The molecule has 4 aromatic rings. The first kappa shape index (κ1) is 24.6. The fourth-order valence-electron chi connectivity index (χ4n) is 4.20. The van der Waals surface area contributed by atoms with Gasteiger partial charge in [0.25, 0.3) is 0 Å². The maximum absolute atomic E-state index is 13.8. The van der Waals surface area contributed by atoms with Gasteiger partial charge in [0.15, 0.2) is 0 Å². The lowest BCUT2D eigenvalue weighted by Gasteiger charge is -2.11. The molecule has 0 fully saturated rings. The van der Waals surface area contributed by atoms with Crippen molar-refractivity contribution in [1.29, 1.82) is 0 Å². The molecule has 0 aliphatic heterocycles. The minimum absolute atomic E-state index is 0.190. The molecule has 0 heterocycles. The summed E-state index contributed by atoms with van der Waals surface area (Å²) in [6.07, 6.45) is -2.17. The van der Waals surface area contributed by atoms with Gasteiger partial charge in [-0.05, 0) is 70.3 Å². The second-order valence-electron chi connectivity index (χ2n) is 8.65. The lowest BCUT2D eigenvalue weighted by atomic mass is 9.97. The van der Waals surface area contributed by atoms with Gasteiger partial charge in [-0.2, -0.15) is 13.2 Å². The Morgan fingerprint density at radius 3 is 1.23 bits per heavy atom. The van der Waals surface area contributed by atoms with Gasteiger partial charge in [0.1, 0.15) is 17.2 Å². The highest BCUT2D eigenvalue weighted by Gasteiger charge is 2.37. The molecule has 0 N–H and O–H groups in total. The Labute approximate surface area is 202 Å². The summed E-state index contributed by atoms with van der Waals surface area (Å²) in [6, 6.07) is 26.2. The van der Waals surface area contributed by atoms with Crippen molar-refractivity contribution in [2.24, 2.45) is 0 Å². The zero-order valence-corrected chi connectivity index (χ0v) is 19.3. The van der Waals surface area contributed by atoms with Gasteiger partial charge in [0.2, 0.25) is 0 Å². The van der Waals surface area contributed by atoms with E-state index in [9.17, 15) is 22.0 Å². The van der Waals surface area contributed by atoms with Crippen LogP contribution in [0.4, 0.5) is 22.0 Å². The maximum atomic E-state index is 13.8. The van der Waals surface area contributed by atoms with Gasteiger partial charge in [-0.15, -0.1) is 0 Å². The van der Waals surface area contributed by atoms with E-state index in [1.54, 1.807) is 0 Å². The largest absolute Gasteiger partial charge is 0.422 e. The smallest absolute Gasteiger partial charge is 0.206 e. The molecule has 0 spiro atoms. The highest BCUT2D eigenvalue weighted by molar-refractivity contribution is 5.70. The number of benzene rings is 4. The molecular formula is C30H25F5. The zero-order chi connectivity index (χ0) is 25.0. The monoisotopic (exact) mass is 480 g/mol. The van der Waals surface area contributed by atoms with Crippen molar-refractivity contribution in [3.05, 3.63) is 119 Å². The van der Waals surface area contributed by atoms with E-state index in [-0.39, 0.29) is 12.0 Å². The third-order valence-corrected chi connectivity index (χ3v) is 6.09. The predicted octanol–water partition coefficient (Wildman–Crippen LogP) is 9.06. The van der Waals surface area contributed by atoms with Gasteiger partial charge >= 0.3 is 6.18 Å². The molecule has 0 amide bonds. The molecule has 0 nitrogen and oxygen atoms in total. The number of hydrogen-bond donors (Lipinski definition) is 0. The molecule has 0 unspecified atom stereocenters. The summed E-state index contributed by atoms with van der Waals surface area (Å²) < 4.78 is 65.8. The van der Waals surface area contributed by atoms with E-state index in [2.05, 4.69) is 55.5 Å². The Morgan fingerprint density at radius 1 is 0.514 bits per heavy atom. The standard InChI is InChI=1S/C30H25F5/c1-2-3-20-6-10-23(11-7-20)25-14-16-26(17-15-25)24-12-8-21(9-13-24)4-5-22-18-27(31)29(28(32)19-22)30(33,34)35/h6-19H,2-5H2,1H3. The summed E-state index contributed by atoms with van der Waals surface area (Å²) in [7, 11) is 0. The average molecular weight is 481 g/mol. The average Bonchev–Trinajstić information content (AvgIpc) is 2.83. The highest BCUT2D eigenvalue weighted by Crippen LogP contribution is 2.34. The molecule has 35 heavy (non-hydrogen) atoms. The first-order chi connectivity index (χ1) is 16.7. The maximum Gasteiger partial charge on any atom is 0.422 e. The first-order valence-electron chi connectivity index (χ1n) is 11.6. The van der Waals surface area contributed by atoms with Gasteiger partial charge < -0.3 is 0 Å². The van der Waals surface area contributed by atoms with E-state index < -0.39 is 23.4 Å². The minimum atomic E-state index is -5.06. The molecule has 4 aromatic carbocycles. The third kappa shape index (κ3) is 5.97. The van der Waals surface area contributed by atoms with Gasteiger partial charge in [0, 0.05) is 0 Å². The zero-order valence-electron chi connectivity index (χ0n) is 19.3. The Bertz CT molecular complexity index is 1250. The van der Waals surface area contributed by atoms with Gasteiger partial charge in [0.05, 0.1) is 0 Å². The molecule has 4 rings (SSSR count). The van der Waals surface area contributed by atoms with E-state index in [4.69, 9.17) is 0 Å². The second kappa shape index (κ2) is 10.4. The van der Waals surface area contributed by atoms with Crippen LogP contribution in [0.25, 0.3) is 22.3 Å². The lowest BCUT2D eigenvalue weighted by Crippen LogP contribution is -2.12. The molecule has 0 bridgehead atoms. The molecule has 0 saturated carbocycles. The van der Waals surface area contributed by atoms with Crippen molar-refractivity contribution in [1.82, 2.24) is 0 Å². The topological polar surface area (TPSA) is 0 Å². The first-order valence-corrected chi connectivity index (χ1v) is 11.6. The Hall–Kier alpha value is -3.47. The number of alkyl halides is 3. The van der Waals surface area contributed by atoms with Crippen molar-refractivity contribution in [2.75, 3.05) is 0 Å². The molecule has 0 atom stereocenters. The summed E-state index contributed by atoms with van der Waals surface area (Å²) in [5.74, 6) is -3.16. The Balaban J connectivity index is 1.41. The van der Waals surface area contributed by atoms with Crippen molar-refractivity contribution >= 4 is 0 Å². The van der Waals surface area contributed by atoms with Gasteiger partial charge in [-0.25, -0.2) is 8.78 Å². The van der Waals surface area contributed by atoms with Crippen LogP contribution in [-0.2, 0) is 25.4 Å². The Morgan fingerprint density at radius 2 is 0.857 bits per heavy atom. The van der Waals surface area contributed by atoms with Crippen LogP contribution >= 0.6 is 0 Å². The second-order valence-corrected chi connectivity index (χ2v) is 8.65. The van der Waals surface area contributed by atoms with Crippen LogP contribution in [0, 0.1) is 11.6 Å². The van der Waals surface area contributed by atoms with Crippen molar-refractivity contribution < 1.29 is 22.0 Å². The molecule has 0 radical (unpaired) electrons. The molecule has 0 aromatic heterocycles. The van der Waals surface area contributed by atoms with Crippen molar-refractivity contribution in [3.8, 4) is 22.3 Å². The summed E-state index contributed by atoms with van der Waals surface area (Å²) in [5.41, 5.74) is 5.02. The summed E-state index contributed by atoms with van der Waals surface area (Å²) in [5, 5.41) is 0. The number of hydrogen-bond acceptors (Lipinski definition) is 0. The lowest BCUT2D eigenvalue weighted by molar-refractivity contribution is -0.142. The molecule has 0 aliphatic rings. The molecule has 0 saturated heterocycles. The number of aryl methyl sites for hydroxylation is 3. The minimum Gasteiger partial charge on any atom is -0.206 e. The van der Waals surface area contributed by atoms with E-state index in [0.29, 0.717) is 6.42 Å². The predicted molar refractivity (Wildman–Crippen MR) is 130 cm³/mol. The molecule has 180 valence electrons. The highest BCUT2D eigenvalue weighted by atomic mass is 19.4. The fourth-order valence-corrected chi connectivity index (χ4v) is 4.20. The molecular weight excluding hydrogens is 455 g/mol. The number of halogens is 5. The fraction of sp³-hybridized carbons (Fsp3) is 0.200. The summed E-state index contributed by atoms with van der Waals surface area (Å²) >= 11 is 0. The van der Waals surface area contributed by atoms with Crippen LogP contribution in [0.2, 0.25) is 0 Å². The number of rotatable bonds is 7. The van der Waals surface area contributed by atoms with E-state index >= 15 is 0 Å². The van der Waals surface area contributed by atoms with Gasteiger partial charge in [-0.1, -0.05) is 86.1 Å². The van der Waals surface area contributed by atoms with Crippen molar-refractivity contribution in [2.45, 2.75) is 38.8 Å². The molecule has 5 heteroatoms. The van der Waals surface area contributed by atoms with Crippen LogP contribution in [0.5, 0.6) is 0 Å². The Kier molecular flexibility index (Phi) is 7.34. The third-order valence-electron chi connectivity index (χ3n) is 6.09. The van der Waals surface area contributed by atoms with Crippen LogP contribution in [0.1, 0.15) is 35.6 Å². The van der Waals surface area contributed by atoms with Gasteiger partial charge in [-0.3, -0.25) is 0 Å². The summed E-state index contributed by atoms with van der Waals surface area (Å²) in [6.45, 7) is 2.17. The summed E-state index contributed by atoms with van der Waals surface area (Å²) in [4.78, 5) is 0. The van der Waals surface area contributed by atoms with Crippen molar-refractivity contribution in [3.63, 3.8) is 0 Å². The quantitative estimate of drug-likeness (QED) is 0.232. The van der Waals surface area contributed by atoms with Crippen LogP contribution in [0.15, 0.2) is 84.9 Å². The van der Waals surface area contributed by atoms with E-state index in [1.807, 2.05) is 24.3 Å². The van der Waals surface area contributed by atoms with Crippen LogP contribution in [0.3, 0.4) is 0 Å². The van der Waals surface area contributed by atoms with E-state index in [1.165, 1.54) is 11.1 Å². The van der Waals surface area contributed by atoms with Crippen LogP contribution < -0.4 is 0 Å². The SMILES string of the molecule is CCCc1ccc(-c2ccc(-c3ccc(CCc4cc(F)c(C(F)(F)F)c(F)c4)cc3)cc2)cc1. The van der Waals surface area contributed by atoms with E-state index in [0.717, 1.165) is 47.2 Å².